The summed E-state index contributed by atoms with van der Waals surface area (Å²) < 4.78 is 37.8. The van der Waals surface area contributed by atoms with Crippen molar-refractivity contribution in [3.63, 3.8) is 0 Å². The number of alkyl halides is 3. The summed E-state index contributed by atoms with van der Waals surface area (Å²) in [5.41, 5.74) is -4.60. The topological polar surface area (TPSA) is 62.0 Å². The van der Waals surface area contributed by atoms with Gasteiger partial charge in [-0.15, -0.1) is 0 Å². The number of aromatic amines is 1. The second-order valence-corrected chi connectivity index (χ2v) is 6.18. The van der Waals surface area contributed by atoms with Crippen LogP contribution in [0.25, 0.3) is 10.9 Å². The molecule has 3 rings (SSSR count). The number of H-pyrrole nitrogens is 1. The molecule has 2 N–H and O–H groups in total. The van der Waals surface area contributed by atoms with Crippen LogP contribution in [0.5, 0.6) is 0 Å². The minimum atomic E-state index is -4.48. The van der Waals surface area contributed by atoms with E-state index in [-0.39, 0.29) is 27.9 Å². The molecule has 0 unspecified atom stereocenters. The molecule has 0 aliphatic carbocycles. The minimum absolute atomic E-state index is 0.0117. The molecule has 0 saturated heterocycles. The van der Waals surface area contributed by atoms with Gasteiger partial charge in [-0.2, -0.15) is 13.2 Å². The summed E-state index contributed by atoms with van der Waals surface area (Å²) in [6, 6.07) is 12.2. The van der Waals surface area contributed by atoms with Crippen molar-refractivity contribution in [3.05, 3.63) is 70.5 Å². The number of thioether (sulfide) groups is 1. The van der Waals surface area contributed by atoms with Crippen LogP contribution >= 0.6 is 11.8 Å². The van der Waals surface area contributed by atoms with Crippen LogP contribution < -0.4 is 10.7 Å². The van der Waals surface area contributed by atoms with E-state index in [1.807, 2.05) is 0 Å². The molecule has 4 nitrogen and oxygen atoms in total. The zero-order valence-corrected chi connectivity index (χ0v) is 13.4. The highest BCUT2D eigenvalue weighted by Crippen LogP contribution is 2.40. The fraction of sp³-hybridized carbons (Fsp3) is 0.0588. The summed E-state index contributed by atoms with van der Waals surface area (Å²) in [7, 11) is 0. The molecule has 0 atom stereocenters. The van der Waals surface area contributed by atoms with Crippen molar-refractivity contribution >= 4 is 34.3 Å². The first-order valence-electron chi connectivity index (χ1n) is 7.12. The molecule has 1 amide bonds. The summed E-state index contributed by atoms with van der Waals surface area (Å²) in [5, 5.41) is 2.70. The predicted octanol–water partition coefficient (Wildman–Crippen LogP) is 4.39. The van der Waals surface area contributed by atoms with Crippen molar-refractivity contribution in [3.8, 4) is 0 Å². The van der Waals surface area contributed by atoms with Gasteiger partial charge in [0.1, 0.15) is 5.56 Å². The number of para-hydroxylation sites is 2. The van der Waals surface area contributed by atoms with Crippen molar-refractivity contribution in [1.29, 1.82) is 0 Å². The van der Waals surface area contributed by atoms with Gasteiger partial charge in [0.25, 0.3) is 5.91 Å². The lowest BCUT2D eigenvalue weighted by Gasteiger charge is -2.12. The van der Waals surface area contributed by atoms with E-state index in [2.05, 4.69) is 10.3 Å². The smallest absolute Gasteiger partial charge is 0.360 e. The molecule has 0 bridgehead atoms. The number of anilines is 1. The molecule has 0 radical (unpaired) electrons. The predicted molar refractivity (Wildman–Crippen MR) is 90.9 cm³/mol. The number of carbonyl (C=O) groups excluding carboxylic acids is 1. The fourth-order valence-corrected chi connectivity index (χ4v) is 2.93. The monoisotopic (exact) mass is 364 g/mol. The van der Waals surface area contributed by atoms with E-state index in [0.29, 0.717) is 10.9 Å². The van der Waals surface area contributed by atoms with Crippen molar-refractivity contribution in [2.75, 3.05) is 5.32 Å². The molecule has 0 saturated carbocycles. The molecule has 0 aliphatic heterocycles. The number of hydrogen-bond donors (Lipinski definition) is 2. The second-order valence-electron chi connectivity index (χ2n) is 5.08. The van der Waals surface area contributed by atoms with Crippen LogP contribution in [0.3, 0.4) is 0 Å². The Morgan fingerprint density at radius 2 is 1.72 bits per heavy atom. The molecule has 8 heteroatoms. The van der Waals surface area contributed by atoms with Crippen molar-refractivity contribution in [2.45, 2.75) is 10.4 Å². The van der Waals surface area contributed by atoms with Gasteiger partial charge in [-0.25, -0.2) is 0 Å². The van der Waals surface area contributed by atoms with Gasteiger partial charge in [-0.1, -0.05) is 24.3 Å². The Labute approximate surface area is 144 Å². The largest absolute Gasteiger partial charge is 0.446 e. The van der Waals surface area contributed by atoms with E-state index in [4.69, 9.17) is 0 Å². The highest BCUT2D eigenvalue weighted by atomic mass is 32.2. The third-order valence-electron chi connectivity index (χ3n) is 3.39. The van der Waals surface area contributed by atoms with E-state index in [1.165, 1.54) is 30.5 Å². The van der Waals surface area contributed by atoms with Crippen LogP contribution in [-0.2, 0) is 0 Å². The van der Waals surface area contributed by atoms with E-state index < -0.39 is 16.8 Å². The molecule has 0 aliphatic rings. The van der Waals surface area contributed by atoms with Gasteiger partial charge in [0.15, 0.2) is 0 Å². The first-order valence-corrected chi connectivity index (χ1v) is 7.93. The Bertz CT molecular complexity index is 999. The number of nitrogens with one attached hydrogen (secondary N) is 2. The number of benzene rings is 2. The molecule has 1 aromatic heterocycles. The maximum atomic E-state index is 12.6. The number of carbonyl (C=O) groups is 1. The highest BCUT2D eigenvalue weighted by molar-refractivity contribution is 8.00. The first-order chi connectivity index (χ1) is 11.8. The van der Waals surface area contributed by atoms with Crippen LogP contribution in [0.1, 0.15) is 10.4 Å². The van der Waals surface area contributed by atoms with Gasteiger partial charge < -0.3 is 10.3 Å². The number of fused-ring (bicyclic) bond motifs is 1. The SMILES string of the molecule is O=C(Nc1ccccc1SC(F)(F)F)c1c[nH]c2ccccc2c1=O. The van der Waals surface area contributed by atoms with E-state index in [9.17, 15) is 22.8 Å². The Morgan fingerprint density at radius 1 is 1.04 bits per heavy atom. The van der Waals surface area contributed by atoms with Crippen molar-refractivity contribution in [1.82, 2.24) is 4.98 Å². The number of aromatic nitrogens is 1. The molecule has 0 fully saturated rings. The maximum Gasteiger partial charge on any atom is 0.446 e. The molecule has 3 aromatic rings. The van der Waals surface area contributed by atoms with Crippen molar-refractivity contribution in [2.24, 2.45) is 0 Å². The number of rotatable bonds is 3. The summed E-state index contributed by atoms with van der Waals surface area (Å²) in [6.45, 7) is 0. The second kappa shape index (κ2) is 6.64. The Hall–Kier alpha value is -2.74. The van der Waals surface area contributed by atoms with Gasteiger partial charge in [0, 0.05) is 22.0 Å². The molecule has 0 spiro atoms. The first kappa shape index (κ1) is 17.1. The minimum Gasteiger partial charge on any atom is -0.360 e. The lowest BCUT2D eigenvalue weighted by Crippen LogP contribution is -2.22. The molecule has 1 heterocycles. The van der Waals surface area contributed by atoms with Crippen LogP contribution in [0.15, 0.2) is 64.4 Å². The summed E-state index contributed by atoms with van der Waals surface area (Å²) in [6.07, 6.45) is 1.25. The van der Waals surface area contributed by atoms with E-state index in [1.54, 1.807) is 24.3 Å². The summed E-state index contributed by atoms with van der Waals surface area (Å²) in [5.74, 6) is -0.776. The fourth-order valence-electron chi connectivity index (χ4n) is 2.31. The summed E-state index contributed by atoms with van der Waals surface area (Å²) in [4.78, 5) is 27.5. The average Bonchev–Trinajstić information content (AvgIpc) is 2.56. The van der Waals surface area contributed by atoms with Crippen LogP contribution in [0.4, 0.5) is 18.9 Å². The van der Waals surface area contributed by atoms with Crippen LogP contribution in [0, 0.1) is 0 Å². The number of hydrogen-bond acceptors (Lipinski definition) is 3. The number of amides is 1. The normalized spacial score (nSPS) is 11.5. The van der Waals surface area contributed by atoms with Gasteiger partial charge in [-0.3, -0.25) is 9.59 Å². The van der Waals surface area contributed by atoms with Crippen molar-refractivity contribution < 1.29 is 18.0 Å². The molecule has 2 aromatic carbocycles. The van der Waals surface area contributed by atoms with Gasteiger partial charge in [0.2, 0.25) is 5.43 Å². The number of pyridine rings is 1. The lowest BCUT2D eigenvalue weighted by atomic mass is 10.1. The van der Waals surface area contributed by atoms with Crippen LogP contribution in [0.2, 0.25) is 0 Å². The van der Waals surface area contributed by atoms with E-state index in [0.717, 1.165) is 0 Å². The Balaban J connectivity index is 1.94. The van der Waals surface area contributed by atoms with Gasteiger partial charge in [0.05, 0.1) is 5.69 Å². The summed E-state index contributed by atoms with van der Waals surface area (Å²) >= 11 is -0.329. The molecular weight excluding hydrogens is 353 g/mol. The maximum absolute atomic E-state index is 12.6. The Morgan fingerprint density at radius 3 is 2.48 bits per heavy atom. The van der Waals surface area contributed by atoms with Gasteiger partial charge in [-0.05, 0) is 36.0 Å². The lowest BCUT2D eigenvalue weighted by molar-refractivity contribution is -0.0328. The van der Waals surface area contributed by atoms with E-state index >= 15 is 0 Å². The standard InChI is InChI=1S/C17H11F3N2O2S/c18-17(19,20)25-14-8-4-3-7-13(14)22-16(24)11-9-21-12-6-2-1-5-10(12)15(11)23/h1-9H,(H,21,23)(H,22,24). The molecule has 25 heavy (non-hydrogen) atoms. The zero-order valence-electron chi connectivity index (χ0n) is 12.6. The molecule has 128 valence electrons. The van der Waals surface area contributed by atoms with Gasteiger partial charge >= 0.3 is 5.51 Å². The average molecular weight is 364 g/mol. The number of halogens is 3. The third kappa shape index (κ3) is 3.85. The zero-order chi connectivity index (χ0) is 18.0. The Kier molecular flexibility index (Phi) is 4.54. The molecular formula is C17H11F3N2O2S. The third-order valence-corrected chi connectivity index (χ3v) is 4.20. The highest BCUT2D eigenvalue weighted by Gasteiger charge is 2.30. The quantitative estimate of drug-likeness (QED) is 0.678. The van der Waals surface area contributed by atoms with Crippen LogP contribution in [-0.4, -0.2) is 16.4 Å².